The highest BCUT2D eigenvalue weighted by Gasteiger charge is 2.18. The minimum Gasteiger partial charge on any atom is -0.455 e. The highest BCUT2D eigenvalue weighted by Crippen LogP contribution is 2.41. The summed E-state index contributed by atoms with van der Waals surface area (Å²) in [4.78, 5) is 8.74. The molecule has 0 N–H and O–H groups in total. The zero-order valence-corrected chi connectivity index (χ0v) is 23.4. The average molecular weight is 531 g/mol. The van der Waals surface area contributed by atoms with Crippen molar-refractivity contribution in [3.63, 3.8) is 0 Å². The minimum atomic E-state index is 0.109. The molecule has 0 amide bonds. The first kappa shape index (κ1) is 25.0. The van der Waals surface area contributed by atoms with Crippen molar-refractivity contribution in [3.8, 4) is 44.5 Å². The molecule has 0 aliphatic carbocycles. The fourth-order valence-corrected chi connectivity index (χ4v) is 5.61. The molecule has 3 heteroatoms. The van der Waals surface area contributed by atoms with Gasteiger partial charge in [0, 0.05) is 57.8 Å². The van der Waals surface area contributed by atoms with Crippen molar-refractivity contribution in [2.75, 3.05) is 0 Å². The summed E-state index contributed by atoms with van der Waals surface area (Å²) in [6.45, 7) is 6.73. The molecule has 0 aliphatic heterocycles. The van der Waals surface area contributed by atoms with Crippen LogP contribution < -0.4 is 0 Å². The molecule has 7 aromatic rings. The second kappa shape index (κ2) is 9.87. The lowest BCUT2D eigenvalue weighted by molar-refractivity contribution is 0.590. The van der Waals surface area contributed by atoms with E-state index in [0.29, 0.717) is 0 Å². The number of fused-ring (bicyclic) bond motifs is 3. The van der Waals surface area contributed by atoms with Gasteiger partial charge in [-0.05, 0) is 63.6 Å². The summed E-state index contributed by atoms with van der Waals surface area (Å²) in [6.07, 6.45) is 7.42. The number of pyridine rings is 2. The van der Waals surface area contributed by atoms with E-state index in [1.54, 1.807) is 12.4 Å². The third-order valence-corrected chi connectivity index (χ3v) is 7.82. The van der Waals surface area contributed by atoms with Crippen molar-refractivity contribution in [1.29, 1.82) is 0 Å². The summed E-state index contributed by atoms with van der Waals surface area (Å²) in [7, 11) is 0. The molecule has 0 spiro atoms. The lowest BCUT2D eigenvalue weighted by Crippen LogP contribution is -2.10. The SMILES string of the molecule is CC(C)(C)c1ccc(-c2cccc3c2oc2c(-c4cc(-c5cccnc5)cc(-c5cccnc5)c4)cccc23)cc1. The van der Waals surface area contributed by atoms with Gasteiger partial charge in [-0.2, -0.15) is 0 Å². The van der Waals surface area contributed by atoms with E-state index in [2.05, 4.69) is 122 Å². The lowest BCUT2D eigenvalue weighted by atomic mass is 9.86. The normalized spacial score (nSPS) is 11.8. The standard InChI is InChI=1S/C38H30N2O/c1-38(2,3)31-16-14-25(15-17-31)32-10-4-12-34-35-13-5-11-33(37(35)41-36(32)34)30-21-28(26-8-6-18-39-23-26)20-29(22-30)27-9-7-19-40-24-27/h4-24H,1-3H3. The molecular weight excluding hydrogens is 500 g/mol. The van der Waals surface area contributed by atoms with Crippen LogP contribution in [0.25, 0.3) is 66.4 Å². The minimum absolute atomic E-state index is 0.109. The van der Waals surface area contributed by atoms with Crippen LogP contribution in [0, 0.1) is 0 Å². The predicted molar refractivity (Wildman–Crippen MR) is 170 cm³/mol. The molecule has 0 saturated heterocycles. The van der Waals surface area contributed by atoms with E-state index in [1.165, 1.54) is 5.56 Å². The van der Waals surface area contributed by atoms with Gasteiger partial charge in [-0.1, -0.05) is 93.6 Å². The van der Waals surface area contributed by atoms with Crippen LogP contribution in [0.3, 0.4) is 0 Å². The first-order valence-corrected chi connectivity index (χ1v) is 14.0. The molecule has 198 valence electrons. The Bertz CT molecular complexity index is 1940. The first-order chi connectivity index (χ1) is 20.0. The molecule has 0 aliphatic rings. The molecule has 0 unspecified atom stereocenters. The van der Waals surface area contributed by atoms with Crippen molar-refractivity contribution in [2.45, 2.75) is 26.2 Å². The summed E-state index contributed by atoms with van der Waals surface area (Å²) in [5, 5.41) is 2.23. The molecule has 0 radical (unpaired) electrons. The first-order valence-electron chi connectivity index (χ1n) is 14.0. The summed E-state index contributed by atoms with van der Waals surface area (Å²) in [6, 6.07) is 36.5. The Hall–Kier alpha value is -5.02. The Balaban J connectivity index is 1.43. The third-order valence-electron chi connectivity index (χ3n) is 7.82. The lowest BCUT2D eigenvalue weighted by Gasteiger charge is -2.19. The molecule has 3 heterocycles. The van der Waals surface area contributed by atoms with E-state index in [-0.39, 0.29) is 5.41 Å². The van der Waals surface area contributed by atoms with E-state index < -0.39 is 0 Å². The zero-order valence-electron chi connectivity index (χ0n) is 23.4. The number of nitrogens with zero attached hydrogens (tertiary/aromatic N) is 2. The number of hydrogen-bond donors (Lipinski definition) is 0. The van der Waals surface area contributed by atoms with E-state index in [1.807, 2.05) is 24.5 Å². The second-order valence-corrected chi connectivity index (χ2v) is 11.6. The van der Waals surface area contributed by atoms with Crippen molar-refractivity contribution in [1.82, 2.24) is 9.97 Å². The second-order valence-electron chi connectivity index (χ2n) is 11.6. The molecule has 0 saturated carbocycles. The van der Waals surface area contributed by atoms with E-state index >= 15 is 0 Å². The quantitative estimate of drug-likeness (QED) is 0.227. The maximum Gasteiger partial charge on any atom is 0.143 e. The number of para-hydroxylation sites is 2. The number of furan rings is 1. The van der Waals surface area contributed by atoms with Crippen LogP contribution in [0.4, 0.5) is 0 Å². The van der Waals surface area contributed by atoms with Gasteiger partial charge in [-0.3, -0.25) is 9.97 Å². The number of aromatic nitrogens is 2. The summed E-state index contributed by atoms with van der Waals surface area (Å²) in [5.74, 6) is 0. The van der Waals surface area contributed by atoms with Gasteiger partial charge < -0.3 is 4.42 Å². The van der Waals surface area contributed by atoms with Crippen LogP contribution in [0.1, 0.15) is 26.3 Å². The largest absolute Gasteiger partial charge is 0.455 e. The monoisotopic (exact) mass is 530 g/mol. The third kappa shape index (κ3) is 4.60. The Kier molecular flexibility index (Phi) is 6.01. The molecular formula is C38H30N2O. The van der Waals surface area contributed by atoms with Crippen LogP contribution in [0.15, 0.2) is 132 Å². The fraction of sp³-hybridized carbons (Fsp3) is 0.105. The predicted octanol–water partition coefficient (Wildman–Crippen LogP) is 10.3. The Morgan fingerprint density at radius 1 is 0.488 bits per heavy atom. The summed E-state index contributed by atoms with van der Waals surface area (Å²) >= 11 is 0. The van der Waals surface area contributed by atoms with Crippen LogP contribution in [0.2, 0.25) is 0 Å². The highest BCUT2D eigenvalue weighted by atomic mass is 16.3. The topological polar surface area (TPSA) is 38.9 Å². The van der Waals surface area contributed by atoms with Crippen molar-refractivity contribution in [3.05, 3.63) is 133 Å². The Morgan fingerprint density at radius 3 is 1.49 bits per heavy atom. The average Bonchev–Trinajstić information content (AvgIpc) is 3.40. The van der Waals surface area contributed by atoms with Crippen LogP contribution in [-0.4, -0.2) is 9.97 Å². The molecule has 0 fully saturated rings. The van der Waals surface area contributed by atoms with Gasteiger partial charge >= 0.3 is 0 Å². The summed E-state index contributed by atoms with van der Waals surface area (Å²) in [5.41, 5.74) is 12.0. The Labute approximate surface area is 240 Å². The smallest absolute Gasteiger partial charge is 0.143 e. The fourth-order valence-electron chi connectivity index (χ4n) is 5.61. The van der Waals surface area contributed by atoms with Gasteiger partial charge in [0.25, 0.3) is 0 Å². The molecule has 0 atom stereocenters. The van der Waals surface area contributed by atoms with Gasteiger partial charge in [-0.25, -0.2) is 0 Å². The molecule has 4 aromatic carbocycles. The van der Waals surface area contributed by atoms with Crippen molar-refractivity contribution in [2.24, 2.45) is 0 Å². The van der Waals surface area contributed by atoms with E-state index in [9.17, 15) is 0 Å². The maximum absolute atomic E-state index is 6.79. The van der Waals surface area contributed by atoms with Crippen LogP contribution in [-0.2, 0) is 5.41 Å². The van der Waals surface area contributed by atoms with Crippen LogP contribution >= 0.6 is 0 Å². The molecule has 3 nitrogen and oxygen atoms in total. The molecule has 7 rings (SSSR count). The summed E-state index contributed by atoms with van der Waals surface area (Å²) < 4.78 is 6.79. The molecule has 0 bridgehead atoms. The van der Waals surface area contributed by atoms with Gasteiger partial charge in [-0.15, -0.1) is 0 Å². The molecule has 3 aromatic heterocycles. The van der Waals surface area contributed by atoms with Gasteiger partial charge in [0.2, 0.25) is 0 Å². The van der Waals surface area contributed by atoms with E-state index in [0.717, 1.165) is 66.4 Å². The number of benzene rings is 4. The van der Waals surface area contributed by atoms with Gasteiger partial charge in [0.15, 0.2) is 0 Å². The molecule has 41 heavy (non-hydrogen) atoms. The van der Waals surface area contributed by atoms with Crippen molar-refractivity contribution < 1.29 is 4.42 Å². The van der Waals surface area contributed by atoms with Crippen molar-refractivity contribution >= 4 is 21.9 Å². The van der Waals surface area contributed by atoms with E-state index in [4.69, 9.17) is 4.42 Å². The zero-order chi connectivity index (χ0) is 28.0. The van der Waals surface area contributed by atoms with Gasteiger partial charge in [0.05, 0.1) is 0 Å². The maximum atomic E-state index is 6.79. The van der Waals surface area contributed by atoms with Gasteiger partial charge in [0.1, 0.15) is 11.2 Å². The number of rotatable bonds is 4. The highest BCUT2D eigenvalue weighted by molar-refractivity contribution is 6.13. The van der Waals surface area contributed by atoms with Crippen LogP contribution in [0.5, 0.6) is 0 Å². The Morgan fingerprint density at radius 2 is 1.00 bits per heavy atom. The number of hydrogen-bond acceptors (Lipinski definition) is 3.